The van der Waals surface area contributed by atoms with Crippen molar-refractivity contribution in [3.63, 3.8) is 0 Å². The second kappa shape index (κ2) is 8.79. The molecule has 7 heteroatoms. The fourth-order valence-electron chi connectivity index (χ4n) is 1.72. The third kappa shape index (κ3) is 5.36. The molecule has 0 bridgehead atoms. The number of rotatable bonds is 5. The molecule has 1 aromatic carbocycles. The van der Waals surface area contributed by atoms with Crippen molar-refractivity contribution in [1.29, 1.82) is 0 Å². The molecule has 1 atom stereocenters. The van der Waals surface area contributed by atoms with Gasteiger partial charge in [-0.25, -0.2) is 4.98 Å². The van der Waals surface area contributed by atoms with Crippen LogP contribution >= 0.6 is 24.8 Å². The average molecular weight is 319 g/mol. The summed E-state index contributed by atoms with van der Waals surface area (Å²) in [6.45, 7) is 2.32. The molecule has 20 heavy (non-hydrogen) atoms. The van der Waals surface area contributed by atoms with E-state index in [0.717, 1.165) is 16.9 Å². The Hall–Kier alpha value is -1.30. The van der Waals surface area contributed by atoms with E-state index in [2.05, 4.69) is 15.3 Å². The van der Waals surface area contributed by atoms with E-state index in [1.54, 1.807) is 0 Å². The molecule has 0 saturated heterocycles. The summed E-state index contributed by atoms with van der Waals surface area (Å²) >= 11 is 0. The number of carbonyl (C=O) groups excluding carboxylic acids is 1. The molecule has 1 aromatic heterocycles. The van der Waals surface area contributed by atoms with Crippen LogP contribution in [0.15, 0.2) is 24.3 Å². The lowest BCUT2D eigenvalue weighted by molar-refractivity contribution is -0.121. The topological polar surface area (TPSA) is 83.8 Å². The van der Waals surface area contributed by atoms with E-state index in [1.165, 1.54) is 0 Å². The first-order valence-corrected chi connectivity index (χ1v) is 6.11. The number of benzene rings is 1. The number of carbonyl (C=O) groups is 1. The van der Waals surface area contributed by atoms with E-state index >= 15 is 0 Å². The summed E-state index contributed by atoms with van der Waals surface area (Å²) in [5.74, 6) is 0.776. The minimum absolute atomic E-state index is 0. The van der Waals surface area contributed by atoms with E-state index in [4.69, 9.17) is 5.73 Å². The van der Waals surface area contributed by atoms with Gasteiger partial charge in [0, 0.05) is 12.5 Å². The van der Waals surface area contributed by atoms with Crippen LogP contribution in [0.2, 0.25) is 0 Å². The zero-order chi connectivity index (χ0) is 13.0. The van der Waals surface area contributed by atoms with Gasteiger partial charge in [-0.2, -0.15) is 0 Å². The maximum Gasteiger partial charge on any atom is 0.220 e. The van der Waals surface area contributed by atoms with Gasteiger partial charge in [0.25, 0.3) is 0 Å². The number of hydrogen-bond acceptors (Lipinski definition) is 3. The van der Waals surface area contributed by atoms with Crippen molar-refractivity contribution in [3.8, 4) is 0 Å². The highest BCUT2D eigenvalue weighted by atomic mass is 35.5. The molecule has 112 valence electrons. The van der Waals surface area contributed by atoms with E-state index in [-0.39, 0.29) is 36.8 Å². The number of amides is 1. The first kappa shape index (κ1) is 18.7. The number of aromatic nitrogens is 2. The zero-order valence-corrected chi connectivity index (χ0v) is 12.9. The van der Waals surface area contributed by atoms with Crippen molar-refractivity contribution in [2.45, 2.75) is 32.4 Å². The molecule has 1 heterocycles. The molecule has 0 saturated carbocycles. The van der Waals surface area contributed by atoms with Crippen molar-refractivity contribution in [3.05, 3.63) is 30.1 Å². The van der Waals surface area contributed by atoms with Crippen LogP contribution in [0.5, 0.6) is 0 Å². The molecule has 0 radical (unpaired) electrons. The summed E-state index contributed by atoms with van der Waals surface area (Å²) < 4.78 is 0. The Labute approximate surface area is 130 Å². The third-order valence-electron chi connectivity index (χ3n) is 2.72. The van der Waals surface area contributed by atoms with E-state index < -0.39 is 0 Å². The zero-order valence-electron chi connectivity index (χ0n) is 11.3. The number of imidazole rings is 1. The van der Waals surface area contributed by atoms with Gasteiger partial charge in [0.1, 0.15) is 5.82 Å². The van der Waals surface area contributed by atoms with Crippen LogP contribution in [0.1, 0.15) is 25.6 Å². The molecule has 5 nitrogen and oxygen atoms in total. The molecule has 2 aromatic rings. The summed E-state index contributed by atoms with van der Waals surface area (Å²) in [5, 5.41) is 2.83. The highest BCUT2D eigenvalue weighted by Gasteiger charge is 2.05. The summed E-state index contributed by atoms with van der Waals surface area (Å²) in [5.41, 5.74) is 7.50. The van der Waals surface area contributed by atoms with Crippen molar-refractivity contribution in [2.24, 2.45) is 5.73 Å². The van der Waals surface area contributed by atoms with Gasteiger partial charge in [-0.1, -0.05) is 12.1 Å². The number of nitrogens with zero attached hydrogens (tertiary/aromatic N) is 1. The average Bonchev–Trinajstić information content (AvgIpc) is 2.76. The highest BCUT2D eigenvalue weighted by Crippen LogP contribution is 2.09. The number of fused-ring (bicyclic) bond motifs is 1. The molecular formula is C13H20Cl2N4O. The Morgan fingerprint density at radius 1 is 1.40 bits per heavy atom. The molecule has 1 amide bonds. The fourth-order valence-corrected chi connectivity index (χ4v) is 1.72. The minimum Gasteiger partial charge on any atom is -0.349 e. The molecule has 0 aliphatic heterocycles. The first-order valence-electron chi connectivity index (χ1n) is 6.11. The number of H-pyrrole nitrogens is 1. The molecule has 1 unspecified atom stereocenters. The predicted molar refractivity (Wildman–Crippen MR) is 85.3 cm³/mol. The standard InChI is InChI=1S/C13H18N4O.2ClH/c1-9(14)6-7-13(18)15-8-12-16-10-4-2-3-5-11(10)17-12;;/h2-5,9H,6-8,14H2,1H3,(H,15,18)(H,16,17);2*1H. The van der Waals surface area contributed by atoms with Crippen LogP contribution < -0.4 is 11.1 Å². The quantitative estimate of drug-likeness (QED) is 0.789. The van der Waals surface area contributed by atoms with Crippen molar-refractivity contribution in [1.82, 2.24) is 15.3 Å². The highest BCUT2D eigenvalue weighted by molar-refractivity contribution is 5.85. The second-order valence-corrected chi connectivity index (χ2v) is 4.49. The Bertz CT molecular complexity index is 509. The van der Waals surface area contributed by atoms with Gasteiger partial charge in [0.05, 0.1) is 17.6 Å². The summed E-state index contributed by atoms with van der Waals surface area (Å²) in [6.07, 6.45) is 1.16. The van der Waals surface area contributed by atoms with Gasteiger partial charge >= 0.3 is 0 Å². The Kier molecular flexibility index (Phi) is 8.22. The van der Waals surface area contributed by atoms with Crippen molar-refractivity contribution in [2.75, 3.05) is 0 Å². The molecule has 0 fully saturated rings. The lowest BCUT2D eigenvalue weighted by Crippen LogP contribution is -2.25. The van der Waals surface area contributed by atoms with Crippen LogP contribution in [0.25, 0.3) is 11.0 Å². The first-order chi connectivity index (χ1) is 8.65. The van der Waals surface area contributed by atoms with Crippen LogP contribution in [0, 0.1) is 0 Å². The Balaban J connectivity index is 0.00000180. The lowest BCUT2D eigenvalue weighted by atomic mass is 10.2. The molecule has 0 aliphatic rings. The van der Waals surface area contributed by atoms with Crippen molar-refractivity contribution >= 4 is 41.8 Å². The van der Waals surface area contributed by atoms with Gasteiger partial charge < -0.3 is 16.0 Å². The molecule has 2 rings (SSSR count). The summed E-state index contributed by atoms with van der Waals surface area (Å²) in [4.78, 5) is 19.1. The number of hydrogen-bond donors (Lipinski definition) is 3. The Morgan fingerprint density at radius 3 is 2.75 bits per heavy atom. The SMILES string of the molecule is CC(N)CCC(=O)NCc1nc2ccccc2[nH]1.Cl.Cl. The number of nitrogens with two attached hydrogens (primary N) is 1. The molecule has 0 spiro atoms. The maximum atomic E-state index is 11.5. The lowest BCUT2D eigenvalue weighted by Gasteiger charge is -2.05. The minimum atomic E-state index is 0. The fraction of sp³-hybridized carbons (Fsp3) is 0.385. The second-order valence-electron chi connectivity index (χ2n) is 4.49. The van der Waals surface area contributed by atoms with Crippen molar-refractivity contribution < 1.29 is 4.79 Å². The number of halogens is 2. The normalized spacial score (nSPS) is 11.3. The molecule has 0 aliphatic carbocycles. The van der Waals surface area contributed by atoms with Crippen LogP contribution in [0.4, 0.5) is 0 Å². The van der Waals surface area contributed by atoms with Gasteiger partial charge in [-0.15, -0.1) is 24.8 Å². The van der Waals surface area contributed by atoms with E-state index in [0.29, 0.717) is 19.4 Å². The molecule has 4 N–H and O–H groups in total. The Morgan fingerprint density at radius 2 is 2.10 bits per heavy atom. The number of aromatic amines is 1. The van der Waals surface area contributed by atoms with Gasteiger partial charge in [-0.3, -0.25) is 4.79 Å². The van der Waals surface area contributed by atoms with Crippen LogP contribution in [0.3, 0.4) is 0 Å². The summed E-state index contributed by atoms with van der Waals surface area (Å²) in [6, 6.07) is 7.85. The van der Waals surface area contributed by atoms with Crippen LogP contribution in [-0.4, -0.2) is 21.9 Å². The third-order valence-corrected chi connectivity index (χ3v) is 2.72. The molecular weight excluding hydrogens is 299 g/mol. The monoisotopic (exact) mass is 318 g/mol. The number of nitrogens with one attached hydrogen (secondary N) is 2. The summed E-state index contributed by atoms with van der Waals surface area (Å²) in [7, 11) is 0. The smallest absolute Gasteiger partial charge is 0.220 e. The van der Waals surface area contributed by atoms with Gasteiger partial charge in [0.15, 0.2) is 0 Å². The maximum absolute atomic E-state index is 11.5. The number of para-hydroxylation sites is 2. The van der Waals surface area contributed by atoms with Gasteiger partial charge in [-0.05, 0) is 25.5 Å². The van der Waals surface area contributed by atoms with Crippen LogP contribution in [-0.2, 0) is 11.3 Å². The largest absolute Gasteiger partial charge is 0.349 e. The van der Waals surface area contributed by atoms with E-state index in [1.807, 2.05) is 31.2 Å². The predicted octanol–water partition coefficient (Wildman–Crippen LogP) is 2.15. The van der Waals surface area contributed by atoms with Gasteiger partial charge in [0.2, 0.25) is 5.91 Å². The van der Waals surface area contributed by atoms with E-state index in [9.17, 15) is 4.79 Å².